The predicted octanol–water partition coefficient (Wildman–Crippen LogP) is 1.95. The van der Waals surface area contributed by atoms with Gasteiger partial charge in [-0.25, -0.2) is 4.79 Å². The molecule has 2 aliphatic rings. The third-order valence-electron chi connectivity index (χ3n) is 3.87. The largest absolute Gasteiger partial charge is 0.415 e. The molecule has 2 fully saturated rings. The van der Waals surface area contributed by atoms with Crippen molar-refractivity contribution in [3.8, 4) is 5.75 Å². The zero-order valence-electron chi connectivity index (χ0n) is 10.2. The Morgan fingerprint density at radius 1 is 1.17 bits per heavy atom. The lowest BCUT2D eigenvalue weighted by Crippen LogP contribution is -2.34. The Kier molecular flexibility index (Phi) is 2.58. The molecule has 0 N–H and O–H groups in total. The molecule has 3 rings (SSSR count). The number of Topliss-reactive ketones (excluding diaryl/α,β-unsaturated/α-hetero) is 1. The Morgan fingerprint density at radius 3 is 2.33 bits per heavy atom. The molecule has 4 nitrogen and oxygen atoms in total. The lowest BCUT2D eigenvalue weighted by molar-refractivity contribution is -0.119. The number of hydrogen-bond acceptors (Lipinski definition) is 3. The van der Waals surface area contributed by atoms with E-state index in [-0.39, 0.29) is 17.8 Å². The summed E-state index contributed by atoms with van der Waals surface area (Å²) in [5, 5.41) is 0. The minimum Gasteiger partial charge on any atom is -0.410 e. The van der Waals surface area contributed by atoms with Crippen LogP contribution in [0.1, 0.15) is 6.92 Å². The zero-order chi connectivity index (χ0) is 12.7. The van der Waals surface area contributed by atoms with Crippen LogP contribution in [0.25, 0.3) is 0 Å². The standard InChI is InChI=1S/C14H15NO3/c1-9(16)13-11-7-15(8-12(11)13)14(17)18-10-5-3-2-4-6-10/h2-6,11-13H,7-8H2,1H3/t11-,12+,13?. The van der Waals surface area contributed by atoms with Crippen molar-refractivity contribution >= 4 is 11.9 Å². The summed E-state index contributed by atoms with van der Waals surface area (Å²) in [6.07, 6.45) is -0.310. The minimum atomic E-state index is -0.310. The molecule has 1 aromatic rings. The minimum absolute atomic E-state index is 0.186. The highest BCUT2D eigenvalue weighted by atomic mass is 16.6. The van der Waals surface area contributed by atoms with Gasteiger partial charge in [0.15, 0.2) is 0 Å². The lowest BCUT2D eigenvalue weighted by Gasteiger charge is -2.18. The van der Waals surface area contributed by atoms with Crippen LogP contribution in [0.15, 0.2) is 30.3 Å². The van der Waals surface area contributed by atoms with Gasteiger partial charge in [-0.05, 0) is 30.9 Å². The van der Waals surface area contributed by atoms with E-state index in [4.69, 9.17) is 4.74 Å². The predicted molar refractivity (Wildman–Crippen MR) is 65.2 cm³/mol. The summed E-state index contributed by atoms with van der Waals surface area (Å²) >= 11 is 0. The molecule has 4 heteroatoms. The molecule has 0 radical (unpaired) electrons. The molecule has 94 valence electrons. The Hall–Kier alpha value is -1.84. The summed E-state index contributed by atoms with van der Waals surface area (Å²) in [6.45, 7) is 2.94. The van der Waals surface area contributed by atoms with E-state index >= 15 is 0 Å². The molecule has 0 aromatic heterocycles. The third kappa shape index (κ3) is 1.88. The number of ketones is 1. The van der Waals surface area contributed by atoms with Crippen molar-refractivity contribution in [1.82, 2.24) is 4.90 Å². The van der Waals surface area contributed by atoms with Crippen molar-refractivity contribution in [3.63, 3.8) is 0 Å². The fourth-order valence-corrected chi connectivity index (χ4v) is 2.93. The second kappa shape index (κ2) is 4.12. The van der Waals surface area contributed by atoms with Gasteiger partial charge in [0.1, 0.15) is 11.5 Å². The van der Waals surface area contributed by atoms with Gasteiger partial charge in [0, 0.05) is 19.0 Å². The van der Waals surface area contributed by atoms with Crippen molar-refractivity contribution in [2.24, 2.45) is 17.8 Å². The van der Waals surface area contributed by atoms with E-state index in [1.165, 1.54) is 0 Å². The van der Waals surface area contributed by atoms with Crippen LogP contribution < -0.4 is 4.74 Å². The van der Waals surface area contributed by atoms with Gasteiger partial charge in [0.25, 0.3) is 0 Å². The van der Waals surface area contributed by atoms with Gasteiger partial charge in [-0.3, -0.25) is 4.79 Å². The number of nitrogens with zero attached hydrogens (tertiary/aromatic N) is 1. The van der Waals surface area contributed by atoms with Gasteiger partial charge < -0.3 is 9.64 Å². The summed E-state index contributed by atoms with van der Waals surface area (Å²) in [6, 6.07) is 9.05. The van der Waals surface area contributed by atoms with E-state index in [0.29, 0.717) is 30.7 Å². The number of benzene rings is 1. The molecular formula is C14H15NO3. The number of piperidine rings is 1. The second-order valence-electron chi connectivity index (χ2n) is 5.05. The van der Waals surface area contributed by atoms with Crippen molar-refractivity contribution < 1.29 is 14.3 Å². The Balaban J connectivity index is 1.56. The van der Waals surface area contributed by atoms with E-state index in [1.807, 2.05) is 18.2 Å². The van der Waals surface area contributed by atoms with Crippen LogP contribution in [-0.2, 0) is 4.79 Å². The quantitative estimate of drug-likeness (QED) is 0.800. The molecule has 3 atom stereocenters. The summed E-state index contributed by atoms with van der Waals surface area (Å²) in [7, 11) is 0. The molecule has 0 spiro atoms. The Morgan fingerprint density at radius 2 is 1.78 bits per heavy atom. The SMILES string of the molecule is CC(=O)C1[C@H]2CN(C(=O)Oc3ccccc3)C[C@@H]12. The number of hydrogen-bond donors (Lipinski definition) is 0. The maximum Gasteiger partial charge on any atom is 0.415 e. The van der Waals surface area contributed by atoms with Crippen LogP contribution >= 0.6 is 0 Å². The first-order chi connectivity index (χ1) is 8.66. The number of likely N-dealkylation sites (tertiary alicyclic amines) is 1. The smallest absolute Gasteiger partial charge is 0.410 e. The van der Waals surface area contributed by atoms with Crippen LogP contribution in [0.5, 0.6) is 5.75 Å². The molecule has 1 aliphatic carbocycles. The highest BCUT2D eigenvalue weighted by Gasteiger charge is 2.59. The second-order valence-corrected chi connectivity index (χ2v) is 5.05. The van der Waals surface area contributed by atoms with E-state index in [1.54, 1.807) is 24.0 Å². The van der Waals surface area contributed by atoms with Crippen molar-refractivity contribution in [3.05, 3.63) is 30.3 Å². The van der Waals surface area contributed by atoms with E-state index in [9.17, 15) is 9.59 Å². The third-order valence-corrected chi connectivity index (χ3v) is 3.87. The van der Waals surface area contributed by atoms with Crippen molar-refractivity contribution in [1.29, 1.82) is 0 Å². The molecule has 1 saturated carbocycles. The van der Waals surface area contributed by atoms with E-state index < -0.39 is 0 Å². The lowest BCUT2D eigenvalue weighted by atomic mass is 10.2. The van der Waals surface area contributed by atoms with Crippen LogP contribution in [0.2, 0.25) is 0 Å². The van der Waals surface area contributed by atoms with Gasteiger partial charge in [-0.15, -0.1) is 0 Å². The van der Waals surface area contributed by atoms with Gasteiger partial charge in [-0.2, -0.15) is 0 Å². The maximum atomic E-state index is 11.9. The van der Waals surface area contributed by atoms with Crippen LogP contribution in [-0.4, -0.2) is 29.9 Å². The average Bonchev–Trinajstić information content (AvgIpc) is 2.87. The zero-order valence-corrected chi connectivity index (χ0v) is 10.2. The van der Waals surface area contributed by atoms with Crippen molar-refractivity contribution in [2.45, 2.75) is 6.92 Å². The fraction of sp³-hybridized carbons (Fsp3) is 0.429. The van der Waals surface area contributed by atoms with E-state index in [2.05, 4.69) is 0 Å². The van der Waals surface area contributed by atoms with Gasteiger partial charge in [0.2, 0.25) is 0 Å². The average molecular weight is 245 g/mol. The molecule has 1 unspecified atom stereocenters. The number of para-hydroxylation sites is 1. The number of amides is 1. The molecule has 18 heavy (non-hydrogen) atoms. The first-order valence-corrected chi connectivity index (χ1v) is 6.19. The number of ether oxygens (including phenoxy) is 1. The Labute approximate surface area is 106 Å². The Bertz CT molecular complexity index is 473. The number of rotatable bonds is 2. The highest BCUT2D eigenvalue weighted by molar-refractivity contribution is 5.83. The molecule has 0 bridgehead atoms. The maximum absolute atomic E-state index is 11.9. The topological polar surface area (TPSA) is 46.6 Å². The summed E-state index contributed by atoms with van der Waals surface area (Å²) in [5.41, 5.74) is 0. The van der Waals surface area contributed by atoms with Crippen LogP contribution in [0, 0.1) is 17.8 Å². The fourth-order valence-electron chi connectivity index (χ4n) is 2.93. The number of carbonyl (C=O) groups excluding carboxylic acids is 2. The summed E-state index contributed by atoms with van der Waals surface area (Å²) in [5.74, 6) is 1.73. The van der Waals surface area contributed by atoms with E-state index in [0.717, 1.165) is 0 Å². The van der Waals surface area contributed by atoms with Gasteiger partial charge in [0.05, 0.1) is 0 Å². The monoisotopic (exact) mass is 245 g/mol. The van der Waals surface area contributed by atoms with Gasteiger partial charge >= 0.3 is 6.09 Å². The molecule has 1 saturated heterocycles. The summed E-state index contributed by atoms with van der Waals surface area (Å²) < 4.78 is 5.26. The summed E-state index contributed by atoms with van der Waals surface area (Å²) in [4.78, 5) is 24.8. The van der Waals surface area contributed by atoms with Gasteiger partial charge in [-0.1, -0.05) is 18.2 Å². The molecular weight excluding hydrogens is 230 g/mol. The molecule has 1 amide bonds. The molecule has 1 heterocycles. The van der Waals surface area contributed by atoms with Crippen LogP contribution in [0.4, 0.5) is 4.79 Å². The van der Waals surface area contributed by atoms with Crippen molar-refractivity contribution in [2.75, 3.05) is 13.1 Å². The normalized spacial score (nSPS) is 28.7. The molecule has 1 aliphatic heterocycles. The highest BCUT2D eigenvalue weighted by Crippen LogP contribution is 2.52. The van der Waals surface area contributed by atoms with Crippen LogP contribution in [0.3, 0.4) is 0 Å². The molecule has 1 aromatic carbocycles. The number of carbonyl (C=O) groups is 2. The number of fused-ring (bicyclic) bond motifs is 1. The first kappa shape index (κ1) is 11.3. The first-order valence-electron chi connectivity index (χ1n) is 6.19.